The molecule has 8 N–H and O–H groups in total. The molecule has 8 nitrogen and oxygen atoms in total. The maximum absolute atomic E-state index is 8.42. The first kappa shape index (κ1) is 92.7. The number of aliphatic hydroxyl groups excluding tert-OH is 8. The van der Waals surface area contributed by atoms with Gasteiger partial charge in [-0.05, 0) is 51.4 Å². The van der Waals surface area contributed by atoms with E-state index in [2.05, 4.69) is 55.4 Å². The van der Waals surface area contributed by atoms with Gasteiger partial charge in [-0.3, -0.25) is 0 Å². The largest absolute Gasteiger partial charge is 0.396 e. The molecule has 0 rings (SSSR count). The van der Waals surface area contributed by atoms with E-state index in [1.807, 2.05) is 0 Å². The van der Waals surface area contributed by atoms with Crippen molar-refractivity contribution < 1.29 is 61.9 Å². The summed E-state index contributed by atoms with van der Waals surface area (Å²) in [4.78, 5) is 0. The normalized spacial score (nSPS) is 9.86. The average molecular weight is 1240 g/mol. The summed E-state index contributed by atoms with van der Waals surface area (Å²) in [6, 6.07) is 0. The van der Waals surface area contributed by atoms with Gasteiger partial charge >= 0.3 is 0 Å². The van der Waals surface area contributed by atoms with Gasteiger partial charge in [0.25, 0.3) is 0 Å². The summed E-state index contributed by atoms with van der Waals surface area (Å²) in [5, 5.41) is 67.4. The van der Waals surface area contributed by atoms with Gasteiger partial charge in [0.1, 0.15) is 0 Å². The second-order valence-corrected chi connectivity index (χ2v) is 19.9. The predicted molar refractivity (Wildman–Crippen MR) is 324 cm³/mol. The zero-order valence-electron chi connectivity index (χ0n) is 51.5. The van der Waals surface area contributed by atoms with Crippen LogP contribution < -0.4 is 0 Å². The summed E-state index contributed by atoms with van der Waals surface area (Å²) >= 11 is 0. The fourth-order valence-electron chi connectivity index (χ4n) is 7.14. The van der Waals surface area contributed by atoms with E-state index in [0.29, 0.717) is 52.9 Å². The van der Waals surface area contributed by atoms with Crippen molar-refractivity contribution in [3.05, 3.63) is 0 Å². The maximum Gasteiger partial charge on any atom is 0.0431 e. The van der Waals surface area contributed by atoms with Crippen LogP contribution in [0.25, 0.3) is 0 Å². The molecule has 0 aromatic carbocycles. The number of unbranched alkanes of at least 4 members (excludes halogenated alkanes) is 40. The van der Waals surface area contributed by atoms with E-state index in [4.69, 9.17) is 40.9 Å². The fraction of sp³-hybridized carbons (Fsp3) is 1.00. The Kier molecular flexibility index (Phi) is 147. The quantitative estimate of drug-likeness (QED) is 0.0279. The first-order chi connectivity index (χ1) is 35.3. The number of aliphatic hydroxyl groups is 8. The van der Waals surface area contributed by atoms with E-state index in [-0.39, 0.29) is 21.1 Å². The monoisotopic (exact) mass is 1240 g/mol. The van der Waals surface area contributed by atoms with Crippen LogP contribution in [-0.4, -0.2) is 93.7 Å². The Morgan fingerprint density at radius 2 is 0.192 bits per heavy atom. The van der Waals surface area contributed by atoms with E-state index in [1.54, 1.807) is 0 Å². The van der Waals surface area contributed by atoms with E-state index in [9.17, 15) is 0 Å². The molecule has 0 aromatic heterocycles. The molecule has 0 saturated carbocycles. The van der Waals surface area contributed by atoms with Crippen LogP contribution in [0.2, 0.25) is 0 Å². The zero-order valence-corrected chi connectivity index (χ0v) is 53.8. The van der Waals surface area contributed by atoms with Crippen molar-refractivity contribution in [2.45, 2.75) is 364 Å². The van der Waals surface area contributed by atoms with Crippen LogP contribution in [0.4, 0.5) is 0 Å². The fourth-order valence-corrected chi connectivity index (χ4v) is 7.14. The van der Waals surface area contributed by atoms with Crippen molar-refractivity contribution in [2.24, 2.45) is 0 Å². The SMILES string of the molecule is CCCCCCCCO.CCCCCCCCO.CCCCCCCCO.CCCCCCCCO.CCCCCCCCO.CCCCCCCCO.CCCCCCCCO.CCCCCCCCO.[Pt]. The van der Waals surface area contributed by atoms with Crippen molar-refractivity contribution in [3.63, 3.8) is 0 Å². The summed E-state index contributed by atoms with van der Waals surface area (Å²) < 4.78 is 0. The first-order valence-electron chi connectivity index (χ1n) is 32.2. The van der Waals surface area contributed by atoms with Crippen LogP contribution >= 0.6 is 0 Å². The molecule has 9 heteroatoms. The smallest absolute Gasteiger partial charge is 0.0431 e. The molecule has 0 fully saturated rings. The molecule has 0 aromatic rings. The minimum Gasteiger partial charge on any atom is -0.396 e. The molecular weight excluding hydrogens is 1090 g/mol. The van der Waals surface area contributed by atoms with Gasteiger partial charge in [0.05, 0.1) is 0 Å². The Hall–Kier alpha value is 0.368. The van der Waals surface area contributed by atoms with Gasteiger partial charge in [-0.25, -0.2) is 0 Å². The third kappa shape index (κ3) is 153. The minimum atomic E-state index is 0. The number of hydrogen-bond acceptors (Lipinski definition) is 8. The molecule has 0 saturated heterocycles. The van der Waals surface area contributed by atoms with Gasteiger partial charge < -0.3 is 40.9 Å². The van der Waals surface area contributed by atoms with Crippen molar-refractivity contribution in [1.29, 1.82) is 0 Å². The van der Waals surface area contributed by atoms with Crippen LogP contribution in [-0.2, 0) is 21.1 Å². The summed E-state index contributed by atoms with van der Waals surface area (Å²) in [7, 11) is 0. The summed E-state index contributed by atoms with van der Waals surface area (Å²) in [6.45, 7) is 20.7. The molecule has 0 aliphatic rings. The minimum absolute atomic E-state index is 0. The molecule has 0 amide bonds. The second kappa shape index (κ2) is 116. The van der Waals surface area contributed by atoms with Crippen molar-refractivity contribution in [3.8, 4) is 0 Å². The molecule has 0 spiro atoms. The Balaban J connectivity index is -0.0000000914. The molecule has 0 aliphatic carbocycles. The summed E-state index contributed by atoms with van der Waals surface area (Å²) in [6.07, 6.45) is 60.0. The third-order valence-corrected chi connectivity index (χ3v) is 12.1. The van der Waals surface area contributed by atoms with Gasteiger partial charge in [0.2, 0.25) is 0 Å². The van der Waals surface area contributed by atoms with Crippen LogP contribution in [0.1, 0.15) is 364 Å². The molecule has 73 heavy (non-hydrogen) atoms. The van der Waals surface area contributed by atoms with Crippen LogP contribution in [0.15, 0.2) is 0 Å². The van der Waals surface area contributed by atoms with Gasteiger partial charge in [-0.15, -0.1) is 0 Å². The standard InChI is InChI=1S/8C8H18O.Pt/c8*1-2-3-4-5-6-7-8-9;/h8*9H,2-8H2,1H3;. The van der Waals surface area contributed by atoms with E-state index in [1.165, 1.54) is 257 Å². The van der Waals surface area contributed by atoms with Gasteiger partial charge in [0, 0.05) is 73.9 Å². The molecule has 0 atom stereocenters. The van der Waals surface area contributed by atoms with Gasteiger partial charge in [0.15, 0.2) is 0 Å². The number of hydrogen-bond donors (Lipinski definition) is 8. The topological polar surface area (TPSA) is 162 Å². The predicted octanol–water partition coefficient (Wildman–Crippen LogP) is 18.7. The molecule has 0 radical (unpaired) electrons. The Bertz CT molecular complexity index is 478. The third-order valence-electron chi connectivity index (χ3n) is 12.1. The van der Waals surface area contributed by atoms with Crippen LogP contribution in [0.3, 0.4) is 0 Å². The van der Waals surface area contributed by atoms with Crippen LogP contribution in [0, 0.1) is 0 Å². The maximum atomic E-state index is 8.42. The molecule has 0 aliphatic heterocycles. The Labute approximate surface area is 476 Å². The number of rotatable bonds is 48. The summed E-state index contributed by atoms with van der Waals surface area (Å²) in [5.41, 5.74) is 0. The second-order valence-electron chi connectivity index (χ2n) is 19.9. The van der Waals surface area contributed by atoms with Crippen LogP contribution in [0.5, 0.6) is 0 Å². The molecule has 0 heterocycles. The molecule has 0 unspecified atom stereocenters. The van der Waals surface area contributed by atoms with E-state index >= 15 is 0 Å². The summed E-state index contributed by atoms with van der Waals surface area (Å²) in [5.74, 6) is 0. The first-order valence-corrected chi connectivity index (χ1v) is 32.2. The zero-order chi connectivity index (χ0) is 55.6. The van der Waals surface area contributed by atoms with E-state index in [0.717, 1.165) is 51.4 Å². The molecule has 0 bridgehead atoms. The van der Waals surface area contributed by atoms with Gasteiger partial charge in [-0.1, -0.05) is 312 Å². The molecular formula is C64H144O8Pt. The van der Waals surface area contributed by atoms with Crippen molar-refractivity contribution in [1.82, 2.24) is 0 Å². The van der Waals surface area contributed by atoms with Gasteiger partial charge in [-0.2, -0.15) is 0 Å². The van der Waals surface area contributed by atoms with Crippen molar-refractivity contribution in [2.75, 3.05) is 52.9 Å². The Morgan fingerprint density at radius 3 is 0.260 bits per heavy atom. The average Bonchev–Trinajstić information content (AvgIpc) is 3.40. The van der Waals surface area contributed by atoms with Crippen molar-refractivity contribution >= 4 is 0 Å². The molecule has 458 valence electrons. The Morgan fingerprint density at radius 1 is 0.123 bits per heavy atom. The van der Waals surface area contributed by atoms with E-state index < -0.39 is 0 Å².